The fraction of sp³-hybridized carbons (Fsp3) is 0.294. The second kappa shape index (κ2) is 7.83. The molecule has 0 fully saturated rings. The number of halogens is 2. The molecule has 0 heterocycles. The predicted molar refractivity (Wildman–Crippen MR) is 89.7 cm³/mol. The van der Waals surface area contributed by atoms with Crippen LogP contribution < -0.4 is 5.32 Å². The number of nitrogens with one attached hydrogen (secondary N) is 1. The summed E-state index contributed by atoms with van der Waals surface area (Å²) in [4.78, 5) is 1.12. The zero-order valence-electron chi connectivity index (χ0n) is 12.2. The first-order valence-electron chi connectivity index (χ1n) is 6.98. The fourth-order valence-electron chi connectivity index (χ4n) is 2.23. The molecule has 0 saturated carbocycles. The molecule has 1 nitrogen and oxygen atoms in total. The molecule has 0 radical (unpaired) electrons. The first-order chi connectivity index (χ1) is 10.1. The maximum atomic E-state index is 13.5. The number of hydrogen-bond acceptors (Lipinski definition) is 2. The lowest BCUT2D eigenvalue weighted by molar-refractivity contribution is 0.586. The summed E-state index contributed by atoms with van der Waals surface area (Å²) in [5.74, 6) is 0.643. The molecule has 2 aromatic carbocycles. The first kappa shape index (κ1) is 16.3. The number of aryl methyl sites for hydroxylation is 1. The second-order valence-corrected chi connectivity index (χ2v) is 6.41. The summed E-state index contributed by atoms with van der Waals surface area (Å²) < 4.78 is 13.5. The van der Waals surface area contributed by atoms with Crippen molar-refractivity contribution in [1.82, 2.24) is 5.32 Å². The van der Waals surface area contributed by atoms with Crippen LogP contribution in [0.5, 0.6) is 0 Å². The Balaban J connectivity index is 2.13. The van der Waals surface area contributed by atoms with Crippen molar-refractivity contribution in [1.29, 1.82) is 0 Å². The van der Waals surface area contributed by atoms with Crippen LogP contribution in [0.4, 0.5) is 4.39 Å². The average molecular weight is 324 g/mol. The van der Waals surface area contributed by atoms with Crippen LogP contribution in [0, 0.1) is 12.7 Å². The van der Waals surface area contributed by atoms with Crippen molar-refractivity contribution in [2.45, 2.75) is 24.8 Å². The molecule has 0 aliphatic heterocycles. The van der Waals surface area contributed by atoms with E-state index >= 15 is 0 Å². The Morgan fingerprint density at radius 2 is 2.05 bits per heavy atom. The van der Waals surface area contributed by atoms with Crippen molar-refractivity contribution in [3.8, 4) is 0 Å². The summed E-state index contributed by atoms with van der Waals surface area (Å²) in [7, 11) is 0. The van der Waals surface area contributed by atoms with E-state index in [-0.39, 0.29) is 11.9 Å². The van der Waals surface area contributed by atoms with Gasteiger partial charge in [0.1, 0.15) is 5.82 Å². The van der Waals surface area contributed by atoms with E-state index < -0.39 is 0 Å². The third kappa shape index (κ3) is 4.73. The van der Waals surface area contributed by atoms with E-state index in [4.69, 9.17) is 11.6 Å². The Kier molecular flexibility index (Phi) is 6.09. The van der Waals surface area contributed by atoms with E-state index in [1.54, 1.807) is 17.8 Å². The molecule has 1 unspecified atom stereocenters. The zero-order valence-corrected chi connectivity index (χ0v) is 13.8. The van der Waals surface area contributed by atoms with E-state index in [1.165, 1.54) is 6.07 Å². The molecule has 0 aliphatic carbocycles. The Hall–Kier alpha value is -1.03. The molecule has 1 N–H and O–H groups in total. The van der Waals surface area contributed by atoms with Crippen LogP contribution in [0.3, 0.4) is 0 Å². The van der Waals surface area contributed by atoms with Crippen LogP contribution in [0.2, 0.25) is 5.02 Å². The summed E-state index contributed by atoms with van der Waals surface area (Å²) in [5, 5.41) is 4.17. The van der Waals surface area contributed by atoms with Crippen LogP contribution in [-0.2, 0) is 0 Å². The van der Waals surface area contributed by atoms with Gasteiger partial charge in [-0.3, -0.25) is 0 Å². The molecule has 4 heteroatoms. The van der Waals surface area contributed by atoms with Crippen LogP contribution in [0.15, 0.2) is 47.4 Å². The summed E-state index contributed by atoms with van der Waals surface area (Å²) in [5.41, 5.74) is 2.13. The number of hydrogen-bond donors (Lipinski definition) is 1. The molecule has 0 bridgehead atoms. The SMILES string of the molecule is CCNC(CSc1cccc(Cl)c1)c1cc(F)ccc1C. The van der Waals surface area contributed by atoms with E-state index in [9.17, 15) is 4.39 Å². The molecule has 1 atom stereocenters. The standard InChI is InChI=1S/C17H19ClFNS/c1-3-20-17(16-10-14(19)8-7-12(16)2)11-21-15-6-4-5-13(18)9-15/h4-10,17,20H,3,11H2,1-2H3. The third-order valence-corrected chi connectivity index (χ3v) is 4.60. The van der Waals surface area contributed by atoms with Crippen molar-refractivity contribution in [2.24, 2.45) is 0 Å². The highest BCUT2D eigenvalue weighted by Crippen LogP contribution is 2.28. The fourth-order valence-corrected chi connectivity index (χ4v) is 3.52. The van der Waals surface area contributed by atoms with E-state index in [2.05, 4.69) is 12.2 Å². The van der Waals surface area contributed by atoms with Gasteiger partial charge in [0, 0.05) is 21.7 Å². The molecule has 2 aromatic rings. The second-order valence-electron chi connectivity index (χ2n) is 4.88. The Morgan fingerprint density at radius 1 is 1.24 bits per heavy atom. The summed E-state index contributed by atoms with van der Waals surface area (Å²) in [6.07, 6.45) is 0. The highest BCUT2D eigenvalue weighted by Gasteiger charge is 2.14. The summed E-state index contributed by atoms with van der Waals surface area (Å²) >= 11 is 7.73. The molecular weight excluding hydrogens is 305 g/mol. The van der Waals surface area contributed by atoms with Crippen LogP contribution in [0.1, 0.15) is 24.1 Å². The van der Waals surface area contributed by atoms with E-state index in [1.807, 2.05) is 37.3 Å². The highest BCUT2D eigenvalue weighted by molar-refractivity contribution is 7.99. The Morgan fingerprint density at radius 3 is 2.76 bits per heavy atom. The maximum Gasteiger partial charge on any atom is 0.123 e. The van der Waals surface area contributed by atoms with E-state index in [0.717, 1.165) is 33.3 Å². The molecule has 21 heavy (non-hydrogen) atoms. The molecule has 2 rings (SSSR count). The quantitative estimate of drug-likeness (QED) is 0.730. The normalized spacial score (nSPS) is 12.4. The van der Waals surface area contributed by atoms with Crippen molar-refractivity contribution in [3.05, 3.63) is 64.4 Å². The molecule has 0 aromatic heterocycles. The van der Waals surface area contributed by atoms with Gasteiger partial charge in [0.25, 0.3) is 0 Å². The lowest BCUT2D eigenvalue weighted by Crippen LogP contribution is -2.23. The monoisotopic (exact) mass is 323 g/mol. The van der Waals surface area contributed by atoms with Crippen LogP contribution >= 0.6 is 23.4 Å². The van der Waals surface area contributed by atoms with Gasteiger partial charge in [-0.2, -0.15) is 0 Å². The first-order valence-corrected chi connectivity index (χ1v) is 8.34. The van der Waals surface area contributed by atoms with Gasteiger partial charge in [-0.05, 0) is 54.9 Å². The smallest absolute Gasteiger partial charge is 0.123 e. The molecular formula is C17H19ClFNS. The van der Waals surface area contributed by atoms with Gasteiger partial charge in [-0.25, -0.2) is 4.39 Å². The largest absolute Gasteiger partial charge is 0.309 e. The Labute approximate surface area is 134 Å². The number of rotatable bonds is 6. The van der Waals surface area contributed by atoms with Crippen molar-refractivity contribution in [2.75, 3.05) is 12.3 Å². The van der Waals surface area contributed by atoms with Crippen molar-refractivity contribution in [3.63, 3.8) is 0 Å². The predicted octanol–water partition coefficient (Wildman–Crippen LogP) is 5.23. The van der Waals surface area contributed by atoms with E-state index in [0.29, 0.717) is 0 Å². The molecule has 0 aliphatic rings. The minimum atomic E-state index is -0.189. The van der Waals surface area contributed by atoms with Gasteiger partial charge >= 0.3 is 0 Å². The van der Waals surface area contributed by atoms with Crippen molar-refractivity contribution < 1.29 is 4.39 Å². The van der Waals surface area contributed by atoms with Gasteiger partial charge in [0.15, 0.2) is 0 Å². The lowest BCUT2D eigenvalue weighted by atomic mass is 10.0. The van der Waals surface area contributed by atoms with Gasteiger partial charge in [-0.1, -0.05) is 30.7 Å². The lowest BCUT2D eigenvalue weighted by Gasteiger charge is -2.20. The van der Waals surface area contributed by atoms with Gasteiger partial charge in [-0.15, -0.1) is 11.8 Å². The van der Waals surface area contributed by atoms with Gasteiger partial charge in [0.2, 0.25) is 0 Å². The molecule has 0 spiro atoms. The molecule has 112 valence electrons. The highest BCUT2D eigenvalue weighted by atomic mass is 35.5. The van der Waals surface area contributed by atoms with Crippen LogP contribution in [0.25, 0.3) is 0 Å². The third-order valence-electron chi connectivity index (χ3n) is 3.28. The number of benzene rings is 2. The average Bonchev–Trinajstić information content (AvgIpc) is 2.46. The Bertz CT molecular complexity index is 603. The van der Waals surface area contributed by atoms with Gasteiger partial charge in [0.05, 0.1) is 0 Å². The molecule has 0 saturated heterocycles. The topological polar surface area (TPSA) is 12.0 Å². The summed E-state index contributed by atoms with van der Waals surface area (Å²) in [6, 6.07) is 12.9. The minimum absolute atomic E-state index is 0.120. The maximum absolute atomic E-state index is 13.5. The van der Waals surface area contributed by atoms with Crippen LogP contribution in [-0.4, -0.2) is 12.3 Å². The van der Waals surface area contributed by atoms with Crippen molar-refractivity contribution >= 4 is 23.4 Å². The van der Waals surface area contributed by atoms with Gasteiger partial charge < -0.3 is 5.32 Å². The minimum Gasteiger partial charge on any atom is -0.309 e. The zero-order chi connectivity index (χ0) is 15.2. The summed E-state index contributed by atoms with van der Waals surface area (Å²) in [6.45, 7) is 4.92. The number of thioether (sulfide) groups is 1. The molecule has 0 amide bonds.